The number of carbonyl (C=O) groups is 2. The second kappa shape index (κ2) is 10.3. The Hall–Kier alpha value is -3.56. The third-order valence-electron chi connectivity index (χ3n) is 7.29. The topological polar surface area (TPSA) is 118 Å². The van der Waals surface area contributed by atoms with Gasteiger partial charge in [0.15, 0.2) is 0 Å². The van der Waals surface area contributed by atoms with E-state index < -0.39 is 15.8 Å². The lowest BCUT2D eigenvalue weighted by Crippen LogP contribution is -2.51. The minimum Gasteiger partial charge on any atom is -0.367 e. The Morgan fingerprint density at radius 3 is 2.32 bits per heavy atom. The van der Waals surface area contributed by atoms with E-state index in [1.807, 2.05) is 11.0 Å². The number of pyridine rings is 1. The minimum absolute atomic E-state index is 0.168. The van der Waals surface area contributed by atoms with Crippen LogP contribution in [0.5, 0.6) is 0 Å². The van der Waals surface area contributed by atoms with Crippen molar-refractivity contribution < 1.29 is 22.4 Å². The Balaban J connectivity index is 1.40. The third kappa shape index (κ3) is 5.35. The van der Waals surface area contributed by atoms with E-state index >= 15 is 0 Å². The third-order valence-corrected chi connectivity index (χ3v) is 8.59. The quantitative estimate of drug-likeness (QED) is 0.418. The number of amides is 2. The molecule has 3 fully saturated rings. The molecule has 38 heavy (non-hydrogen) atoms. The van der Waals surface area contributed by atoms with Crippen LogP contribution in [0, 0.1) is 23.1 Å². The number of halogens is 1. The molecule has 2 aliphatic heterocycles. The van der Waals surface area contributed by atoms with Gasteiger partial charge in [-0.2, -0.15) is 9.57 Å². The van der Waals surface area contributed by atoms with Gasteiger partial charge in [-0.3, -0.25) is 14.6 Å². The van der Waals surface area contributed by atoms with Gasteiger partial charge in [-0.1, -0.05) is 6.08 Å². The number of nitriles is 1. The number of allylic oxidation sites excluding steroid dienone is 1. The fourth-order valence-electron chi connectivity index (χ4n) is 5.00. The average molecular weight is 541 g/mol. The molecule has 2 aromatic rings. The molecule has 1 aliphatic carbocycles. The summed E-state index contributed by atoms with van der Waals surface area (Å²) in [4.78, 5) is 36.2. The first kappa shape index (κ1) is 26.1. The summed E-state index contributed by atoms with van der Waals surface area (Å²) in [6.07, 6.45) is 6.39. The summed E-state index contributed by atoms with van der Waals surface area (Å²) in [5, 5.41) is 9.96. The van der Waals surface area contributed by atoms with Gasteiger partial charge in [-0.05, 0) is 37.0 Å². The van der Waals surface area contributed by atoms with Crippen LogP contribution in [0.2, 0.25) is 0 Å². The highest BCUT2D eigenvalue weighted by Gasteiger charge is 2.32. The van der Waals surface area contributed by atoms with Gasteiger partial charge in [-0.25, -0.2) is 12.8 Å². The van der Waals surface area contributed by atoms with E-state index in [2.05, 4.69) is 4.98 Å². The lowest BCUT2D eigenvalue weighted by molar-refractivity contribution is -0.127. The normalized spacial score (nSPS) is 19.5. The zero-order valence-corrected chi connectivity index (χ0v) is 22.0. The van der Waals surface area contributed by atoms with Crippen LogP contribution >= 0.6 is 0 Å². The molecule has 2 saturated heterocycles. The molecule has 0 atom stereocenters. The molecule has 1 aromatic carbocycles. The van der Waals surface area contributed by atoms with Crippen LogP contribution in [0.25, 0.3) is 10.9 Å². The fourth-order valence-corrected chi connectivity index (χ4v) is 5.83. The number of sulfonamides is 1. The van der Waals surface area contributed by atoms with E-state index in [1.165, 1.54) is 22.6 Å². The van der Waals surface area contributed by atoms with Crippen LogP contribution < -0.4 is 4.90 Å². The molecule has 0 spiro atoms. The average Bonchev–Trinajstić information content (AvgIpc) is 3.74. The summed E-state index contributed by atoms with van der Waals surface area (Å²) in [5.41, 5.74) is 1.56. The van der Waals surface area contributed by atoms with Gasteiger partial charge in [-0.15, -0.1) is 0 Å². The van der Waals surface area contributed by atoms with Crippen molar-refractivity contribution in [3.05, 3.63) is 47.4 Å². The van der Waals surface area contributed by atoms with Crippen molar-refractivity contribution in [1.29, 1.82) is 5.26 Å². The Morgan fingerprint density at radius 2 is 1.71 bits per heavy atom. The molecule has 10 nitrogen and oxygen atoms in total. The number of carbonyl (C=O) groups excluding carboxylic acids is 2. The van der Waals surface area contributed by atoms with Crippen molar-refractivity contribution in [3.63, 3.8) is 0 Å². The van der Waals surface area contributed by atoms with Gasteiger partial charge >= 0.3 is 0 Å². The second-order valence-electron chi connectivity index (χ2n) is 9.95. The second-order valence-corrected chi connectivity index (χ2v) is 11.9. The van der Waals surface area contributed by atoms with Crippen LogP contribution in [-0.2, 0) is 14.8 Å². The van der Waals surface area contributed by atoms with Crippen LogP contribution in [0.4, 0.5) is 10.1 Å². The Labute approximate surface area is 221 Å². The molecule has 1 saturated carbocycles. The summed E-state index contributed by atoms with van der Waals surface area (Å²) in [7, 11) is -3.35. The molecule has 1 aromatic heterocycles. The van der Waals surface area contributed by atoms with Crippen LogP contribution in [0.15, 0.2) is 36.0 Å². The number of hydrogen-bond acceptors (Lipinski definition) is 7. The highest BCUT2D eigenvalue weighted by molar-refractivity contribution is 7.88. The summed E-state index contributed by atoms with van der Waals surface area (Å²) in [6.45, 7) is 2.36. The summed E-state index contributed by atoms with van der Waals surface area (Å²) in [6, 6.07) is 6.27. The smallest absolute Gasteiger partial charge is 0.264 e. The van der Waals surface area contributed by atoms with E-state index in [0.29, 0.717) is 54.3 Å². The predicted octanol–water partition coefficient (Wildman–Crippen LogP) is 1.60. The fraction of sp³-hybridized carbons (Fsp3) is 0.462. The first-order chi connectivity index (χ1) is 18.2. The van der Waals surface area contributed by atoms with E-state index in [9.17, 15) is 27.7 Å². The largest absolute Gasteiger partial charge is 0.367 e. The number of piperazine rings is 2. The molecule has 3 heterocycles. The van der Waals surface area contributed by atoms with Gasteiger partial charge in [0.05, 0.1) is 23.0 Å². The lowest BCUT2D eigenvalue weighted by Gasteiger charge is -2.38. The number of nitrogens with zero attached hydrogens (tertiary/aromatic N) is 6. The van der Waals surface area contributed by atoms with Crippen LogP contribution in [-0.4, -0.2) is 97.9 Å². The first-order valence-corrected chi connectivity index (χ1v) is 14.5. The highest BCUT2D eigenvalue weighted by atomic mass is 32.2. The van der Waals surface area contributed by atoms with E-state index in [-0.39, 0.29) is 43.6 Å². The van der Waals surface area contributed by atoms with Crippen molar-refractivity contribution in [2.45, 2.75) is 12.8 Å². The molecular weight excluding hydrogens is 511 g/mol. The van der Waals surface area contributed by atoms with Gasteiger partial charge in [0, 0.05) is 63.9 Å². The van der Waals surface area contributed by atoms with Crippen molar-refractivity contribution in [2.24, 2.45) is 5.92 Å². The van der Waals surface area contributed by atoms with Crippen molar-refractivity contribution in [1.82, 2.24) is 19.1 Å². The van der Waals surface area contributed by atoms with E-state index in [0.717, 1.165) is 19.1 Å². The van der Waals surface area contributed by atoms with Gasteiger partial charge in [0.2, 0.25) is 10.0 Å². The monoisotopic (exact) mass is 540 g/mol. The van der Waals surface area contributed by atoms with Gasteiger partial charge in [0.25, 0.3) is 11.8 Å². The van der Waals surface area contributed by atoms with E-state index in [1.54, 1.807) is 21.9 Å². The first-order valence-electron chi connectivity index (χ1n) is 12.6. The number of fused-ring (bicyclic) bond motifs is 1. The summed E-state index contributed by atoms with van der Waals surface area (Å²) >= 11 is 0. The lowest BCUT2D eigenvalue weighted by atomic mass is 10.0. The van der Waals surface area contributed by atoms with Crippen molar-refractivity contribution in [2.75, 3.05) is 63.5 Å². The van der Waals surface area contributed by atoms with Crippen molar-refractivity contribution in [3.8, 4) is 6.07 Å². The molecule has 200 valence electrons. The predicted molar refractivity (Wildman–Crippen MR) is 139 cm³/mol. The molecule has 0 radical (unpaired) electrons. The SMILES string of the molecule is CS(=O)(=O)N1CCN(C(=O)c2cnc3ccc(F)cc3c2N2CCN(C(=O)/C(C#N)=C/C3CC3)CC2)CC1. The molecule has 5 rings (SSSR count). The van der Waals surface area contributed by atoms with E-state index in [4.69, 9.17) is 0 Å². The zero-order chi connectivity index (χ0) is 27.0. The number of anilines is 1. The number of rotatable bonds is 5. The standard InChI is InChI=1S/C26H29FN6O4S/c1-38(36,37)33-12-10-32(11-13-33)26(35)22-17-29-23-5-4-20(27)15-21(23)24(22)30-6-8-31(9-7-30)25(34)19(16-28)14-18-2-3-18/h4-5,14-15,17-18H,2-3,6-13H2,1H3/b19-14+. The molecule has 2 amide bonds. The van der Waals surface area contributed by atoms with Gasteiger partial charge in [0.1, 0.15) is 17.5 Å². The molecule has 12 heteroatoms. The summed E-state index contributed by atoms with van der Waals surface area (Å²) < 4.78 is 39.4. The molecule has 0 N–H and O–H groups in total. The maximum Gasteiger partial charge on any atom is 0.264 e. The Morgan fingerprint density at radius 1 is 1.05 bits per heavy atom. The van der Waals surface area contributed by atoms with Crippen LogP contribution in [0.1, 0.15) is 23.2 Å². The zero-order valence-electron chi connectivity index (χ0n) is 21.1. The number of hydrogen-bond donors (Lipinski definition) is 0. The minimum atomic E-state index is -3.35. The molecule has 0 bridgehead atoms. The highest BCUT2D eigenvalue weighted by Crippen LogP contribution is 2.33. The maximum atomic E-state index is 14.3. The van der Waals surface area contributed by atoms with Crippen molar-refractivity contribution >= 4 is 38.4 Å². The Kier molecular flexibility index (Phi) is 7.07. The molecule has 0 unspecified atom stereocenters. The van der Waals surface area contributed by atoms with Crippen LogP contribution in [0.3, 0.4) is 0 Å². The summed E-state index contributed by atoms with van der Waals surface area (Å²) in [5.74, 6) is -0.736. The number of benzene rings is 1. The number of aromatic nitrogens is 1. The molecule has 3 aliphatic rings. The molecular formula is C26H29FN6O4S. The maximum absolute atomic E-state index is 14.3. The Bertz CT molecular complexity index is 1450. The van der Waals surface area contributed by atoms with Gasteiger partial charge < -0.3 is 14.7 Å².